The predicted octanol–water partition coefficient (Wildman–Crippen LogP) is 3.67. The Morgan fingerprint density at radius 3 is 2.22 bits per heavy atom. The van der Waals surface area contributed by atoms with E-state index in [2.05, 4.69) is 27.7 Å². The number of fused-ring (bicyclic) bond motifs is 2. The van der Waals surface area contributed by atoms with Gasteiger partial charge >= 0.3 is 12.1 Å². The SMILES string of the molecule is CC(=O)O[C@H](C[C@@H](C)[C@H]1C(=O)[C@H](O)[C@@]2(C)[C@@H]3CC[C@H]4C(C)(C)[C@@H](O[C@@H]5OC[C@@H](O)[C@H](O)[C@H]5O)CC[C@@]45C[C@@]35CC[C@]12C)[C@@H]1OC(=O)OC1(C)C. The highest BCUT2D eigenvalue weighted by Crippen LogP contribution is 2.89. The zero-order valence-corrected chi connectivity index (χ0v) is 30.8. The third-order valence-corrected chi connectivity index (χ3v) is 15.9. The molecular formula is C38H58O12. The van der Waals surface area contributed by atoms with Crippen molar-refractivity contribution in [1.82, 2.24) is 0 Å². The molecule has 2 saturated heterocycles. The van der Waals surface area contributed by atoms with Crippen LogP contribution in [0.4, 0.5) is 4.79 Å². The Hall–Kier alpha value is -1.83. The van der Waals surface area contributed by atoms with Gasteiger partial charge in [0.1, 0.15) is 30.5 Å². The van der Waals surface area contributed by atoms with E-state index in [4.69, 9.17) is 23.7 Å². The Morgan fingerprint density at radius 2 is 1.58 bits per heavy atom. The van der Waals surface area contributed by atoms with Crippen LogP contribution in [0.1, 0.15) is 107 Å². The smallest absolute Gasteiger partial charge is 0.458 e. The average Bonchev–Trinajstić information content (AvgIpc) is 3.55. The lowest BCUT2D eigenvalue weighted by atomic mass is 9.41. The number of hydrogen-bond acceptors (Lipinski definition) is 12. The van der Waals surface area contributed by atoms with E-state index >= 15 is 0 Å². The van der Waals surface area contributed by atoms with Crippen molar-refractivity contribution >= 4 is 17.9 Å². The number of cyclic esters (lactones) is 2. The van der Waals surface area contributed by atoms with E-state index in [0.717, 1.165) is 44.9 Å². The van der Waals surface area contributed by atoms with Crippen molar-refractivity contribution in [1.29, 1.82) is 0 Å². The van der Waals surface area contributed by atoms with Crippen LogP contribution in [0.2, 0.25) is 0 Å². The second-order valence-electron chi connectivity index (χ2n) is 18.7. The van der Waals surface area contributed by atoms with Gasteiger partial charge in [0.2, 0.25) is 0 Å². The highest BCUT2D eigenvalue weighted by Gasteiger charge is 2.84. The molecular weight excluding hydrogens is 648 g/mol. The van der Waals surface area contributed by atoms with E-state index in [1.54, 1.807) is 13.8 Å². The van der Waals surface area contributed by atoms with Gasteiger partial charge in [0.15, 0.2) is 23.8 Å². The Bertz CT molecular complexity index is 1410. The number of aliphatic hydroxyl groups excluding tert-OH is 4. The first-order valence-corrected chi connectivity index (χ1v) is 18.8. The maximum absolute atomic E-state index is 14.4. The molecule has 0 aromatic heterocycles. The zero-order valence-electron chi connectivity index (χ0n) is 30.8. The third-order valence-electron chi connectivity index (χ3n) is 15.9. The highest BCUT2D eigenvalue weighted by atomic mass is 16.8. The van der Waals surface area contributed by atoms with Crippen LogP contribution in [-0.4, -0.2) is 99.6 Å². The van der Waals surface area contributed by atoms with Gasteiger partial charge in [-0.2, -0.15) is 0 Å². The van der Waals surface area contributed by atoms with Gasteiger partial charge < -0.3 is 44.1 Å². The van der Waals surface area contributed by atoms with Gasteiger partial charge in [-0.15, -0.1) is 0 Å². The van der Waals surface area contributed by atoms with Crippen molar-refractivity contribution in [2.24, 2.45) is 50.7 Å². The first kappa shape index (κ1) is 36.5. The Kier molecular flexibility index (Phi) is 8.46. The predicted molar refractivity (Wildman–Crippen MR) is 176 cm³/mol. The number of ether oxygens (including phenoxy) is 5. The Balaban J connectivity index is 1.12. The molecule has 0 aromatic carbocycles. The number of Topliss-reactive ketones (excluding diaryl/α,β-unsaturated/α-hetero) is 1. The summed E-state index contributed by atoms with van der Waals surface area (Å²) < 4.78 is 28.7. The number of rotatable bonds is 7. The first-order valence-electron chi connectivity index (χ1n) is 18.8. The second kappa shape index (κ2) is 11.6. The minimum absolute atomic E-state index is 0.00660. The molecule has 12 nitrogen and oxygen atoms in total. The molecule has 16 atom stereocenters. The van der Waals surface area contributed by atoms with E-state index in [1.165, 1.54) is 6.92 Å². The van der Waals surface area contributed by atoms with Gasteiger partial charge in [-0.25, -0.2) is 4.79 Å². The summed E-state index contributed by atoms with van der Waals surface area (Å²) in [5.74, 6) is -0.905. The van der Waals surface area contributed by atoms with Crippen LogP contribution in [0.15, 0.2) is 0 Å². The van der Waals surface area contributed by atoms with Crippen molar-refractivity contribution in [3.63, 3.8) is 0 Å². The third kappa shape index (κ3) is 4.79. The van der Waals surface area contributed by atoms with Crippen molar-refractivity contribution in [3.8, 4) is 0 Å². The van der Waals surface area contributed by atoms with Gasteiger partial charge in [-0.3, -0.25) is 9.59 Å². The molecule has 12 heteroatoms. The Morgan fingerprint density at radius 1 is 0.920 bits per heavy atom. The first-order chi connectivity index (χ1) is 23.2. The molecule has 0 aromatic rings. The van der Waals surface area contributed by atoms with Gasteiger partial charge in [0.25, 0.3) is 0 Å². The number of ketones is 1. The summed E-state index contributed by atoms with van der Waals surface area (Å²) in [6.07, 6.45) is -1.99. The van der Waals surface area contributed by atoms with Crippen LogP contribution < -0.4 is 0 Å². The van der Waals surface area contributed by atoms with Crippen LogP contribution in [0, 0.1) is 50.7 Å². The fourth-order valence-electron chi connectivity index (χ4n) is 13.5. The second-order valence-corrected chi connectivity index (χ2v) is 18.7. The quantitative estimate of drug-likeness (QED) is 0.223. The molecule has 0 unspecified atom stereocenters. The van der Waals surface area contributed by atoms with Crippen molar-refractivity contribution in [2.75, 3.05) is 6.61 Å². The molecule has 2 spiro atoms. The molecule has 7 fully saturated rings. The lowest BCUT2D eigenvalue weighted by Gasteiger charge is -2.63. The number of hydrogen-bond donors (Lipinski definition) is 4. The largest absolute Gasteiger partial charge is 0.509 e. The van der Waals surface area contributed by atoms with E-state index < -0.39 is 77.4 Å². The van der Waals surface area contributed by atoms with E-state index in [9.17, 15) is 34.8 Å². The van der Waals surface area contributed by atoms with Crippen LogP contribution in [0.5, 0.6) is 0 Å². The molecule has 7 aliphatic rings. The van der Waals surface area contributed by atoms with Gasteiger partial charge in [-0.1, -0.05) is 34.6 Å². The molecule has 282 valence electrons. The molecule has 0 bridgehead atoms. The lowest BCUT2D eigenvalue weighted by Crippen LogP contribution is -2.61. The van der Waals surface area contributed by atoms with E-state index in [-0.39, 0.29) is 53.0 Å². The minimum atomic E-state index is -1.33. The molecule has 0 amide bonds. The molecule has 7 rings (SSSR count). The summed E-state index contributed by atoms with van der Waals surface area (Å²) in [5, 5.41) is 42.9. The van der Waals surface area contributed by atoms with Crippen LogP contribution in [0.3, 0.4) is 0 Å². The van der Waals surface area contributed by atoms with Gasteiger partial charge in [0, 0.05) is 18.3 Å². The number of carbonyl (C=O) groups is 3. The monoisotopic (exact) mass is 706 g/mol. The number of esters is 1. The number of carbonyl (C=O) groups excluding carboxylic acids is 3. The summed E-state index contributed by atoms with van der Waals surface area (Å²) in [5.41, 5.74) is -2.35. The number of aliphatic hydroxyl groups is 4. The average molecular weight is 707 g/mol. The fraction of sp³-hybridized carbons (Fsp3) is 0.921. The minimum Gasteiger partial charge on any atom is -0.458 e. The normalized spacial score (nSPS) is 51.2. The highest BCUT2D eigenvalue weighted by molar-refractivity contribution is 5.90. The summed E-state index contributed by atoms with van der Waals surface area (Å²) in [4.78, 5) is 38.7. The van der Waals surface area contributed by atoms with Crippen molar-refractivity contribution in [3.05, 3.63) is 0 Å². The molecule has 4 N–H and O–H groups in total. The molecule has 2 heterocycles. The van der Waals surface area contributed by atoms with Gasteiger partial charge in [0.05, 0.1) is 12.7 Å². The van der Waals surface area contributed by atoms with Crippen LogP contribution >= 0.6 is 0 Å². The fourth-order valence-corrected chi connectivity index (χ4v) is 13.5. The molecule has 50 heavy (non-hydrogen) atoms. The summed E-state index contributed by atoms with van der Waals surface area (Å²) in [6.45, 7) is 15.5. The van der Waals surface area contributed by atoms with Crippen molar-refractivity contribution in [2.45, 2.75) is 161 Å². The standard InChI is InChI=1S/C38H58O12/c1-18(15-21(47-19(2)39)30-34(5,6)50-32(45)49-30)25-27(42)29(44)36(8)23-10-9-22-33(3,4)24(48-31-28(43)26(41)20(40)16-46-31)11-12-37(22)17-38(23,37)14-13-35(25,36)7/h18,20-26,28-31,40-41,43-44H,9-17H2,1-8H3/t18-,20-,21-,22+,23+,24+,25+,26+,28-,29+,30+,31+,35-,36-,37-,38+/m1/s1. The van der Waals surface area contributed by atoms with E-state index in [1.807, 2.05) is 6.92 Å². The molecule has 5 aliphatic carbocycles. The summed E-state index contributed by atoms with van der Waals surface area (Å²) >= 11 is 0. The maximum atomic E-state index is 14.4. The summed E-state index contributed by atoms with van der Waals surface area (Å²) in [7, 11) is 0. The topological polar surface area (TPSA) is 178 Å². The molecule has 5 saturated carbocycles. The van der Waals surface area contributed by atoms with Crippen LogP contribution in [-0.2, 0) is 33.3 Å². The van der Waals surface area contributed by atoms with Gasteiger partial charge in [-0.05, 0) is 105 Å². The summed E-state index contributed by atoms with van der Waals surface area (Å²) in [6, 6.07) is 0. The molecule has 0 radical (unpaired) electrons. The van der Waals surface area contributed by atoms with Crippen molar-refractivity contribution < 1.29 is 58.5 Å². The zero-order chi connectivity index (χ0) is 36.6. The van der Waals surface area contributed by atoms with E-state index in [0.29, 0.717) is 5.92 Å². The Labute approximate surface area is 294 Å². The molecule has 2 aliphatic heterocycles. The maximum Gasteiger partial charge on any atom is 0.509 e. The van der Waals surface area contributed by atoms with Crippen LogP contribution in [0.25, 0.3) is 0 Å². The lowest BCUT2D eigenvalue weighted by molar-refractivity contribution is -0.303.